The number of halogens is 1. The van der Waals surface area contributed by atoms with Crippen molar-refractivity contribution in [3.05, 3.63) is 69.2 Å². The van der Waals surface area contributed by atoms with Gasteiger partial charge in [-0.25, -0.2) is 0 Å². The van der Waals surface area contributed by atoms with E-state index in [4.69, 9.17) is 0 Å². The molecule has 2 aromatic rings. The van der Waals surface area contributed by atoms with E-state index in [1.54, 1.807) is 0 Å². The Morgan fingerprint density at radius 3 is 2.45 bits per heavy atom. The van der Waals surface area contributed by atoms with Gasteiger partial charge in [0.1, 0.15) is 0 Å². The van der Waals surface area contributed by atoms with Crippen molar-refractivity contribution in [3.63, 3.8) is 0 Å². The number of amides is 1. The van der Waals surface area contributed by atoms with Gasteiger partial charge in [-0.1, -0.05) is 30.3 Å². The van der Waals surface area contributed by atoms with E-state index < -0.39 is 0 Å². The number of aryl methyl sites for hydroxylation is 2. The molecule has 0 aliphatic rings. The van der Waals surface area contributed by atoms with Crippen LogP contribution in [0.4, 0.5) is 0 Å². The first-order chi connectivity index (χ1) is 9.49. The van der Waals surface area contributed by atoms with Gasteiger partial charge in [0.05, 0.1) is 11.6 Å². The molecule has 1 amide bonds. The molecule has 0 aliphatic carbocycles. The summed E-state index contributed by atoms with van der Waals surface area (Å²) in [5.74, 6) is -0.0665. The minimum absolute atomic E-state index is 0.0195. The molecule has 2 nitrogen and oxygen atoms in total. The van der Waals surface area contributed by atoms with E-state index in [1.165, 1.54) is 11.1 Å². The Labute approximate surface area is 128 Å². The molecule has 3 heteroatoms. The standard InChI is InChI=1S/C17H18BrNO/c1-11-8-9-14(10-12(11)2)13(3)19-17(20)15-6-4-5-7-16(15)18/h4-10,13H,1-3H3,(H,19,20)/t13-/m0/s1. The SMILES string of the molecule is Cc1ccc([C@H](C)NC(=O)c2ccccc2Br)cc1C. The maximum Gasteiger partial charge on any atom is 0.252 e. The molecule has 2 rings (SSSR count). The molecule has 0 heterocycles. The molecule has 0 saturated carbocycles. The van der Waals surface area contributed by atoms with Crippen molar-refractivity contribution >= 4 is 21.8 Å². The summed E-state index contributed by atoms with van der Waals surface area (Å²) in [7, 11) is 0. The van der Waals surface area contributed by atoms with Gasteiger partial charge in [0, 0.05) is 4.47 Å². The zero-order valence-corrected chi connectivity index (χ0v) is 13.5. The van der Waals surface area contributed by atoms with Crippen molar-refractivity contribution < 1.29 is 4.79 Å². The molecule has 2 aromatic carbocycles. The van der Waals surface area contributed by atoms with Gasteiger partial charge in [-0.15, -0.1) is 0 Å². The van der Waals surface area contributed by atoms with Crippen molar-refractivity contribution in [3.8, 4) is 0 Å². The van der Waals surface area contributed by atoms with E-state index in [0.29, 0.717) is 5.56 Å². The smallest absolute Gasteiger partial charge is 0.252 e. The fourth-order valence-corrected chi connectivity index (χ4v) is 2.50. The van der Waals surface area contributed by atoms with E-state index in [-0.39, 0.29) is 11.9 Å². The first-order valence-electron chi connectivity index (χ1n) is 6.61. The second-order valence-electron chi connectivity index (χ2n) is 5.02. The van der Waals surface area contributed by atoms with E-state index in [9.17, 15) is 4.79 Å². The maximum atomic E-state index is 12.3. The lowest BCUT2D eigenvalue weighted by Crippen LogP contribution is -2.27. The summed E-state index contributed by atoms with van der Waals surface area (Å²) < 4.78 is 0.810. The molecule has 0 aromatic heterocycles. The van der Waals surface area contributed by atoms with Gasteiger partial charge < -0.3 is 5.32 Å². The van der Waals surface area contributed by atoms with Crippen LogP contribution in [-0.4, -0.2) is 5.91 Å². The minimum atomic E-state index is -0.0665. The molecule has 0 radical (unpaired) electrons. The molecule has 1 atom stereocenters. The van der Waals surface area contributed by atoms with Gasteiger partial charge in [-0.05, 0) is 65.5 Å². The quantitative estimate of drug-likeness (QED) is 0.877. The topological polar surface area (TPSA) is 29.1 Å². The van der Waals surface area contributed by atoms with Crippen LogP contribution in [0.5, 0.6) is 0 Å². The lowest BCUT2D eigenvalue weighted by molar-refractivity contribution is 0.0939. The van der Waals surface area contributed by atoms with Crippen LogP contribution >= 0.6 is 15.9 Å². The predicted octanol–water partition coefficient (Wildman–Crippen LogP) is 4.56. The second-order valence-corrected chi connectivity index (χ2v) is 5.87. The number of carbonyl (C=O) groups excluding carboxylic acids is 1. The van der Waals surface area contributed by atoms with Gasteiger partial charge in [-0.3, -0.25) is 4.79 Å². The molecule has 104 valence electrons. The van der Waals surface area contributed by atoms with Gasteiger partial charge in [0.2, 0.25) is 0 Å². The molecular formula is C17H18BrNO. The van der Waals surface area contributed by atoms with E-state index in [2.05, 4.69) is 53.3 Å². The van der Waals surface area contributed by atoms with Gasteiger partial charge in [0.25, 0.3) is 5.91 Å². The van der Waals surface area contributed by atoms with Crippen LogP contribution in [0.15, 0.2) is 46.9 Å². The Kier molecular flexibility index (Phi) is 4.61. The molecule has 0 bridgehead atoms. The van der Waals surface area contributed by atoms with Crippen LogP contribution in [0, 0.1) is 13.8 Å². The van der Waals surface area contributed by atoms with Gasteiger partial charge in [0.15, 0.2) is 0 Å². The zero-order valence-electron chi connectivity index (χ0n) is 11.9. The number of benzene rings is 2. The molecule has 0 unspecified atom stereocenters. The number of carbonyl (C=O) groups is 1. The van der Waals surface area contributed by atoms with Crippen LogP contribution in [0.2, 0.25) is 0 Å². The Morgan fingerprint density at radius 1 is 1.10 bits per heavy atom. The summed E-state index contributed by atoms with van der Waals surface area (Å²) in [5, 5.41) is 3.03. The summed E-state index contributed by atoms with van der Waals surface area (Å²) >= 11 is 3.40. The predicted molar refractivity (Wildman–Crippen MR) is 85.9 cm³/mol. The molecule has 1 N–H and O–H groups in total. The van der Waals surface area contributed by atoms with Crippen molar-refractivity contribution in [2.24, 2.45) is 0 Å². The van der Waals surface area contributed by atoms with Crippen LogP contribution in [-0.2, 0) is 0 Å². The van der Waals surface area contributed by atoms with E-state index >= 15 is 0 Å². The Bertz CT molecular complexity index is 637. The van der Waals surface area contributed by atoms with Crippen molar-refractivity contribution in [2.45, 2.75) is 26.8 Å². The van der Waals surface area contributed by atoms with E-state index in [0.717, 1.165) is 10.0 Å². The average Bonchev–Trinajstić information content (AvgIpc) is 2.42. The fraction of sp³-hybridized carbons (Fsp3) is 0.235. The minimum Gasteiger partial charge on any atom is -0.345 e. The largest absolute Gasteiger partial charge is 0.345 e. The maximum absolute atomic E-state index is 12.3. The van der Waals surface area contributed by atoms with Crippen LogP contribution in [0.3, 0.4) is 0 Å². The highest BCUT2D eigenvalue weighted by atomic mass is 79.9. The zero-order chi connectivity index (χ0) is 14.7. The Morgan fingerprint density at radius 2 is 1.80 bits per heavy atom. The third kappa shape index (κ3) is 3.28. The second kappa shape index (κ2) is 6.23. The third-order valence-electron chi connectivity index (χ3n) is 3.50. The summed E-state index contributed by atoms with van der Waals surface area (Å²) in [6.45, 7) is 6.17. The number of hydrogen-bond donors (Lipinski definition) is 1. The lowest BCUT2D eigenvalue weighted by Gasteiger charge is -2.16. The Hall–Kier alpha value is -1.61. The van der Waals surface area contributed by atoms with Crippen molar-refractivity contribution in [1.82, 2.24) is 5.32 Å². The normalized spacial score (nSPS) is 12.0. The van der Waals surface area contributed by atoms with Crippen LogP contribution in [0.25, 0.3) is 0 Å². The molecule has 0 aliphatic heterocycles. The van der Waals surface area contributed by atoms with Crippen molar-refractivity contribution in [1.29, 1.82) is 0 Å². The summed E-state index contributed by atoms with van der Waals surface area (Å²) in [5.41, 5.74) is 4.28. The lowest BCUT2D eigenvalue weighted by atomic mass is 10.0. The highest BCUT2D eigenvalue weighted by molar-refractivity contribution is 9.10. The van der Waals surface area contributed by atoms with Gasteiger partial charge >= 0.3 is 0 Å². The number of nitrogens with one attached hydrogen (secondary N) is 1. The fourth-order valence-electron chi connectivity index (χ4n) is 2.04. The first kappa shape index (κ1) is 14.8. The summed E-state index contributed by atoms with van der Waals surface area (Å²) in [4.78, 5) is 12.3. The van der Waals surface area contributed by atoms with E-state index in [1.807, 2.05) is 31.2 Å². The molecule has 0 fully saturated rings. The molecule has 0 spiro atoms. The first-order valence-corrected chi connectivity index (χ1v) is 7.41. The third-order valence-corrected chi connectivity index (χ3v) is 4.19. The molecular weight excluding hydrogens is 314 g/mol. The van der Waals surface area contributed by atoms with Crippen molar-refractivity contribution in [2.75, 3.05) is 0 Å². The summed E-state index contributed by atoms with van der Waals surface area (Å²) in [6, 6.07) is 13.7. The Balaban J connectivity index is 2.15. The highest BCUT2D eigenvalue weighted by Crippen LogP contribution is 2.19. The summed E-state index contributed by atoms with van der Waals surface area (Å²) in [6.07, 6.45) is 0. The number of rotatable bonds is 3. The molecule has 0 saturated heterocycles. The highest BCUT2D eigenvalue weighted by Gasteiger charge is 2.13. The van der Waals surface area contributed by atoms with Crippen LogP contribution < -0.4 is 5.32 Å². The van der Waals surface area contributed by atoms with Gasteiger partial charge in [-0.2, -0.15) is 0 Å². The molecule has 20 heavy (non-hydrogen) atoms. The average molecular weight is 332 g/mol. The number of hydrogen-bond acceptors (Lipinski definition) is 1. The van der Waals surface area contributed by atoms with Crippen LogP contribution in [0.1, 0.15) is 40.0 Å². The monoisotopic (exact) mass is 331 g/mol.